The first-order valence-electron chi connectivity index (χ1n) is 8.22. The van der Waals surface area contributed by atoms with Gasteiger partial charge in [-0.2, -0.15) is 13.2 Å². The summed E-state index contributed by atoms with van der Waals surface area (Å²) in [6.07, 6.45) is -3.38. The monoisotopic (exact) mass is 378 g/mol. The summed E-state index contributed by atoms with van der Waals surface area (Å²) in [5.41, 5.74) is 0.0703. The Morgan fingerprint density at radius 3 is 2.56 bits per heavy atom. The van der Waals surface area contributed by atoms with Crippen LogP contribution in [0.15, 0.2) is 42.6 Å². The molecule has 27 heavy (non-hydrogen) atoms. The summed E-state index contributed by atoms with van der Waals surface area (Å²) in [6.45, 7) is 1.01. The summed E-state index contributed by atoms with van der Waals surface area (Å²) in [5.74, 6) is 0.816. The van der Waals surface area contributed by atoms with E-state index in [0.717, 1.165) is 17.6 Å². The molecule has 0 atom stereocenters. The molecule has 6 nitrogen and oxygen atoms in total. The van der Waals surface area contributed by atoms with Gasteiger partial charge < -0.3 is 15.2 Å². The number of aliphatic hydroxyl groups is 1. The third-order valence-electron chi connectivity index (χ3n) is 3.69. The maximum absolute atomic E-state index is 12.7. The maximum Gasteiger partial charge on any atom is 0.433 e. The molecular formula is C18H17F3N4O2. The molecule has 3 rings (SSSR count). The molecule has 9 heteroatoms. The molecule has 0 aliphatic heterocycles. The third kappa shape index (κ3) is 4.69. The number of hydrogen-bond acceptors (Lipinski definition) is 6. The van der Waals surface area contributed by atoms with Crippen molar-refractivity contribution in [1.29, 1.82) is 0 Å². The van der Waals surface area contributed by atoms with Crippen LogP contribution in [0.3, 0.4) is 0 Å². The van der Waals surface area contributed by atoms with Crippen LogP contribution in [0.2, 0.25) is 0 Å². The number of ether oxygens (including phenoxy) is 1. The van der Waals surface area contributed by atoms with Crippen molar-refractivity contribution in [3.05, 3.63) is 48.3 Å². The number of nitrogens with one attached hydrogen (secondary N) is 1. The Morgan fingerprint density at radius 1 is 1.04 bits per heavy atom. The van der Waals surface area contributed by atoms with Crippen molar-refractivity contribution in [1.82, 2.24) is 15.0 Å². The second kappa shape index (κ2) is 8.28. The van der Waals surface area contributed by atoms with Gasteiger partial charge in [0.15, 0.2) is 5.82 Å². The largest absolute Gasteiger partial charge is 0.433 e. The number of aromatic nitrogens is 3. The molecule has 1 aromatic carbocycles. The highest BCUT2D eigenvalue weighted by molar-refractivity contribution is 5.90. The number of anilines is 1. The highest BCUT2D eigenvalue weighted by Crippen LogP contribution is 2.29. The van der Waals surface area contributed by atoms with E-state index in [2.05, 4.69) is 20.3 Å². The van der Waals surface area contributed by atoms with Crippen LogP contribution in [0.25, 0.3) is 22.3 Å². The van der Waals surface area contributed by atoms with Gasteiger partial charge in [0.05, 0.1) is 25.3 Å². The predicted molar refractivity (Wildman–Crippen MR) is 94.2 cm³/mol. The maximum atomic E-state index is 12.7. The highest BCUT2D eigenvalue weighted by Gasteiger charge is 2.32. The molecule has 3 aromatic rings. The summed E-state index contributed by atoms with van der Waals surface area (Å²) in [5, 5.41) is 12.6. The summed E-state index contributed by atoms with van der Waals surface area (Å²) in [6, 6.07) is 9.51. The zero-order valence-corrected chi connectivity index (χ0v) is 14.2. The fourth-order valence-electron chi connectivity index (χ4n) is 2.44. The van der Waals surface area contributed by atoms with Gasteiger partial charge >= 0.3 is 6.18 Å². The first kappa shape index (κ1) is 19.0. The van der Waals surface area contributed by atoms with E-state index in [9.17, 15) is 13.2 Å². The van der Waals surface area contributed by atoms with Crippen LogP contribution in [0.1, 0.15) is 5.69 Å². The molecule has 0 saturated heterocycles. The van der Waals surface area contributed by atoms with Crippen molar-refractivity contribution in [3.8, 4) is 11.4 Å². The minimum Gasteiger partial charge on any atom is -0.394 e. The summed E-state index contributed by atoms with van der Waals surface area (Å²) in [4.78, 5) is 12.3. The number of pyridine rings is 1. The molecular weight excluding hydrogens is 361 g/mol. The number of aliphatic hydroxyl groups excluding tert-OH is 1. The standard InChI is InChI=1S/C18H17F3N4O2/c19-18(20,21)15-6-5-12(11-23-15)16-24-14-4-2-1-3-13(14)17(25-16)22-7-9-27-10-8-26/h1-6,11,26H,7-10H2,(H,22,24,25). The molecule has 2 N–H and O–H groups in total. The van der Waals surface area contributed by atoms with E-state index in [4.69, 9.17) is 9.84 Å². The van der Waals surface area contributed by atoms with E-state index in [1.165, 1.54) is 6.07 Å². The van der Waals surface area contributed by atoms with Crippen molar-refractivity contribution in [3.63, 3.8) is 0 Å². The number of halogens is 3. The number of rotatable bonds is 7. The number of benzene rings is 1. The Hall–Kier alpha value is -2.78. The van der Waals surface area contributed by atoms with Crippen LogP contribution in [0.4, 0.5) is 19.0 Å². The van der Waals surface area contributed by atoms with Crippen LogP contribution in [0, 0.1) is 0 Å². The molecule has 2 heterocycles. The fraction of sp³-hybridized carbons (Fsp3) is 0.278. The van der Waals surface area contributed by atoms with Crippen molar-refractivity contribution < 1.29 is 23.0 Å². The number of fused-ring (bicyclic) bond motifs is 1. The van der Waals surface area contributed by atoms with Gasteiger partial charge in [-0.25, -0.2) is 9.97 Å². The van der Waals surface area contributed by atoms with Gasteiger partial charge in [0, 0.05) is 23.7 Å². The van der Waals surface area contributed by atoms with Gasteiger partial charge in [-0.1, -0.05) is 12.1 Å². The van der Waals surface area contributed by atoms with Gasteiger partial charge in [0.25, 0.3) is 0 Å². The average Bonchev–Trinajstić information content (AvgIpc) is 2.67. The molecule has 142 valence electrons. The molecule has 0 unspecified atom stereocenters. The minimum absolute atomic E-state index is 0.0541. The topological polar surface area (TPSA) is 80.2 Å². The second-order valence-corrected chi connectivity index (χ2v) is 5.61. The van der Waals surface area contributed by atoms with Gasteiger partial charge in [0.2, 0.25) is 0 Å². The van der Waals surface area contributed by atoms with Gasteiger partial charge in [0.1, 0.15) is 11.5 Å². The first-order chi connectivity index (χ1) is 13.0. The molecule has 0 amide bonds. The quantitative estimate of drug-likeness (QED) is 0.615. The SMILES string of the molecule is OCCOCCNc1nc(-c2ccc(C(F)(F)F)nc2)nc2ccccc12. The summed E-state index contributed by atoms with van der Waals surface area (Å²) in [7, 11) is 0. The molecule has 2 aromatic heterocycles. The van der Waals surface area contributed by atoms with Crippen LogP contribution in [-0.2, 0) is 10.9 Å². The van der Waals surface area contributed by atoms with Gasteiger partial charge in [-0.3, -0.25) is 4.98 Å². The fourth-order valence-corrected chi connectivity index (χ4v) is 2.44. The Labute approximate surface area is 153 Å². The van der Waals surface area contributed by atoms with Crippen molar-refractivity contribution in [2.24, 2.45) is 0 Å². The zero-order chi connectivity index (χ0) is 19.3. The molecule has 0 spiro atoms. The van der Waals surface area contributed by atoms with Gasteiger partial charge in [-0.05, 0) is 24.3 Å². The van der Waals surface area contributed by atoms with Crippen LogP contribution < -0.4 is 5.32 Å². The van der Waals surface area contributed by atoms with Crippen molar-refractivity contribution in [2.75, 3.05) is 31.7 Å². The van der Waals surface area contributed by atoms with E-state index in [1.54, 1.807) is 6.07 Å². The number of nitrogens with zero attached hydrogens (tertiary/aromatic N) is 3. The number of hydrogen-bond donors (Lipinski definition) is 2. The van der Waals surface area contributed by atoms with Crippen molar-refractivity contribution >= 4 is 16.7 Å². The Bertz CT molecular complexity index is 901. The molecule has 0 radical (unpaired) electrons. The first-order valence-corrected chi connectivity index (χ1v) is 8.22. The van der Waals surface area contributed by atoms with E-state index in [1.807, 2.05) is 18.2 Å². The van der Waals surface area contributed by atoms with Crippen LogP contribution >= 0.6 is 0 Å². The van der Waals surface area contributed by atoms with Crippen LogP contribution in [0.5, 0.6) is 0 Å². The lowest BCUT2D eigenvalue weighted by molar-refractivity contribution is -0.141. The van der Waals surface area contributed by atoms with Gasteiger partial charge in [-0.15, -0.1) is 0 Å². The molecule has 0 aliphatic rings. The molecule has 0 bridgehead atoms. The Morgan fingerprint density at radius 2 is 1.85 bits per heavy atom. The smallest absolute Gasteiger partial charge is 0.394 e. The van der Waals surface area contributed by atoms with E-state index in [0.29, 0.717) is 30.0 Å². The van der Waals surface area contributed by atoms with Crippen LogP contribution in [-0.4, -0.2) is 46.4 Å². The minimum atomic E-state index is -4.50. The lowest BCUT2D eigenvalue weighted by Gasteiger charge is -2.11. The third-order valence-corrected chi connectivity index (χ3v) is 3.69. The lowest BCUT2D eigenvalue weighted by Crippen LogP contribution is -2.13. The van der Waals surface area contributed by atoms with Crippen molar-refractivity contribution in [2.45, 2.75) is 6.18 Å². The summed E-state index contributed by atoms with van der Waals surface area (Å²) < 4.78 is 43.3. The Balaban J connectivity index is 1.89. The normalized spacial score (nSPS) is 11.7. The lowest BCUT2D eigenvalue weighted by atomic mass is 10.2. The number of para-hydroxylation sites is 1. The average molecular weight is 378 g/mol. The Kier molecular flexibility index (Phi) is 5.82. The summed E-state index contributed by atoms with van der Waals surface area (Å²) >= 11 is 0. The molecule has 0 fully saturated rings. The zero-order valence-electron chi connectivity index (χ0n) is 14.2. The number of alkyl halides is 3. The predicted octanol–water partition coefficient (Wildman–Crippen LogP) is 3.13. The highest BCUT2D eigenvalue weighted by atomic mass is 19.4. The van der Waals surface area contributed by atoms with E-state index in [-0.39, 0.29) is 19.0 Å². The molecule has 0 saturated carbocycles. The van der Waals surface area contributed by atoms with E-state index >= 15 is 0 Å². The van der Waals surface area contributed by atoms with E-state index < -0.39 is 11.9 Å². The second-order valence-electron chi connectivity index (χ2n) is 5.61. The molecule has 0 aliphatic carbocycles.